The fourth-order valence-electron chi connectivity index (χ4n) is 2.25. The van der Waals surface area contributed by atoms with Crippen molar-refractivity contribution in [1.29, 1.82) is 0 Å². The van der Waals surface area contributed by atoms with Crippen molar-refractivity contribution in [1.82, 2.24) is 5.32 Å². The maximum Gasteiger partial charge on any atom is 0.127 e. The highest BCUT2D eigenvalue weighted by atomic mass is 79.9. The van der Waals surface area contributed by atoms with Crippen LogP contribution in [0, 0.1) is 11.7 Å². The highest BCUT2D eigenvalue weighted by molar-refractivity contribution is 9.10. The zero-order valence-corrected chi connectivity index (χ0v) is 13.1. The van der Waals surface area contributed by atoms with Crippen LogP contribution in [0.1, 0.15) is 39.2 Å². The molecule has 2 atom stereocenters. The zero-order valence-electron chi connectivity index (χ0n) is 11.5. The van der Waals surface area contributed by atoms with Crippen molar-refractivity contribution in [2.45, 2.75) is 46.1 Å². The summed E-state index contributed by atoms with van der Waals surface area (Å²) < 4.78 is 14.6. The Kier molecular flexibility index (Phi) is 6.87. The van der Waals surface area contributed by atoms with Crippen molar-refractivity contribution in [2.24, 2.45) is 5.92 Å². The molecular weight excluding hydrogens is 293 g/mol. The number of hydrogen-bond acceptors (Lipinski definition) is 1. The lowest BCUT2D eigenvalue weighted by molar-refractivity contribution is 0.361. The van der Waals surface area contributed by atoms with E-state index in [2.05, 4.69) is 42.0 Å². The topological polar surface area (TPSA) is 12.0 Å². The lowest BCUT2D eigenvalue weighted by Crippen LogP contribution is -2.36. The fraction of sp³-hybridized carbons (Fsp3) is 0.600. The van der Waals surface area contributed by atoms with Gasteiger partial charge in [-0.05, 0) is 49.4 Å². The Morgan fingerprint density at radius 2 is 2.06 bits per heavy atom. The summed E-state index contributed by atoms with van der Waals surface area (Å²) in [5, 5.41) is 3.54. The van der Waals surface area contributed by atoms with Crippen LogP contribution in [0.4, 0.5) is 4.39 Å². The van der Waals surface area contributed by atoms with Crippen LogP contribution in [0.5, 0.6) is 0 Å². The summed E-state index contributed by atoms with van der Waals surface area (Å²) in [4.78, 5) is 0. The fourth-order valence-corrected chi connectivity index (χ4v) is 2.59. The van der Waals surface area contributed by atoms with Crippen LogP contribution in [0.2, 0.25) is 0 Å². The van der Waals surface area contributed by atoms with E-state index in [0.29, 0.717) is 12.0 Å². The molecule has 0 bridgehead atoms. The Morgan fingerprint density at radius 1 is 1.33 bits per heavy atom. The SMILES string of the molecule is CCCNC(CC)C(C)Cc1ccc(Br)cc1F. The molecule has 0 amide bonds. The van der Waals surface area contributed by atoms with E-state index >= 15 is 0 Å². The van der Waals surface area contributed by atoms with E-state index in [1.54, 1.807) is 6.07 Å². The third-order valence-electron chi connectivity index (χ3n) is 3.34. The monoisotopic (exact) mass is 315 g/mol. The van der Waals surface area contributed by atoms with Gasteiger partial charge < -0.3 is 5.32 Å². The second-order valence-electron chi connectivity index (χ2n) is 4.89. The number of halogens is 2. The maximum atomic E-state index is 13.8. The molecule has 3 heteroatoms. The van der Waals surface area contributed by atoms with Gasteiger partial charge in [-0.25, -0.2) is 4.39 Å². The molecule has 1 nitrogen and oxygen atoms in total. The minimum Gasteiger partial charge on any atom is -0.314 e. The van der Waals surface area contributed by atoms with E-state index < -0.39 is 0 Å². The van der Waals surface area contributed by atoms with E-state index in [4.69, 9.17) is 0 Å². The van der Waals surface area contributed by atoms with E-state index in [0.717, 1.165) is 35.8 Å². The number of benzene rings is 1. The molecule has 0 spiro atoms. The van der Waals surface area contributed by atoms with Crippen LogP contribution >= 0.6 is 15.9 Å². The van der Waals surface area contributed by atoms with Gasteiger partial charge in [-0.3, -0.25) is 0 Å². The molecule has 0 heterocycles. The summed E-state index contributed by atoms with van der Waals surface area (Å²) in [7, 11) is 0. The van der Waals surface area contributed by atoms with Crippen molar-refractivity contribution in [3.05, 3.63) is 34.1 Å². The highest BCUT2D eigenvalue weighted by Crippen LogP contribution is 2.20. The van der Waals surface area contributed by atoms with E-state index in [-0.39, 0.29) is 5.82 Å². The summed E-state index contributed by atoms with van der Waals surface area (Å²) in [5.41, 5.74) is 0.808. The van der Waals surface area contributed by atoms with Crippen molar-refractivity contribution in [3.63, 3.8) is 0 Å². The molecule has 0 aliphatic rings. The minimum absolute atomic E-state index is 0.110. The average Bonchev–Trinajstić information content (AvgIpc) is 2.34. The Labute approximate surface area is 118 Å². The Bertz CT molecular complexity index is 368. The van der Waals surface area contributed by atoms with Crippen LogP contribution in [-0.2, 0) is 6.42 Å². The molecular formula is C15H23BrFN. The van der Waals surface area contributed by atoms with Crippen LogP contribution in [0.25, 0.3) is 0 Å². The lowest BCUT2D eigenvalue weighted by Gasteiger charge is -2.24. The van der Waals surface area contributed by atoms with Gasteiger partial charge in [0.2, 0.25) is 0 Å². The molecule has 0 aliphatic carbocycles. The summed E-state index contributed by atoms with van der Waals surface area (Å²) >= 11 is 3.29. The van der Waals surface area contributed by atoms with Gasteiger partial charge in [0.25, 0.3) is 0 Å². The summed E-state index contributed by atoms with van der Waals surface area (Å²) in [6.45, 7) is 7.57. The standard InChI is InChI=1S/C15H23BrFN/c1-4-8-18-15(5-2)11(3)9-12-6-7-13(16)10-14(12)17/h6-7,10-11,15,18H,4-5,8-9H2,1-3H3. The molecule has 0 aromatic heterocycles. The van der Waals surface area contributed by atoms with Crippen molar-refractivity contribution < 1.29 is 4.39 Å². The molecule has 0 radical (unpaired) electrons. The first-order chi connectivity index (χ1) is 8.58. The quantitative estimate of drug-likeness (QED) is 0.778. The smallest absolute Gasteiger partial charge is 0.127 e. The van der Waals surface area contributed by atoms with Gasteiger partial charge in [-0.15, -0.1) is 0 Å². The van der Waals surface area contributed by atoms with Gasteiger partial charge in [-0.2, -0.15) is 0 Å². The van der Waals surface area contributed by atoms with Crippen molar-refractivity contribution in [3.8, 4) is 0 Å². The second-order valence-corrected chi connectivity index (χ2v) is 5.80. The normalized spacial score (nSPS) is 14.5. The van der Waals surface area contributed by atoms with E-state index in [1.807, 2.05) is 12.1 Å². The Balaban J connectivity index is 2.64. The molecule has 1 aromatic carbocycles. The first-order valence-corrected chi connectivity index (χ1v) is 7.55. The molecule has 2 unspecified atom stereocenters. The molecule has 18 heavy (non-hydrogen) atoms. The van der Waals surface area contributed by atoms with Gasteiger partial charge in [0.05, 0.1) is 0 Å². The van der Waals surface area contributed by atoms with Crippen molar-refractivity contribution in [2.75, 3.05) is 6.54 Å². The molecule has 0 aliphatic heterocycles. The van der Waals surface area contributed by atoms with Gasteiger partial charge in [0, 0.05) is 10.5 Å². The van der Waals surface area contributed by atoms with Crippen LogP contribution in [-0.4, -0.2) is 12.6 Å². The molecule has 0 saturated heterocycles. The predicted octanol–water partition coefficient (Wildman–Crippen LogP) is 4.55. The molecule has 1 N–H and O–H groups in total. The molecule has 1 rings (SSSR count). The molecule has 0 saturated carbocycles. The Morgan fingerprint density at radius 3 is 2.61 bits per heavy atom. The highest BCUT2D eigenvalue weighted by Gasteiger charge is 2.16. The zero-order chi connectivity index (χ0) is 13.5. The van der Waals surface area contributed by atoms with Gasteiger partial charge in [-0.1, -0.05) is 42.8 Å². The number of nitrogens with one attached hydrogen (secondary N) is 1. The largest absolute Gasteiger partial charge is 0.314 e. The third-order valence-corrected chi connectivity index (χ3v) is 3.83. The number of rotatable bonds is 7. The first-order valence-electron chi connectivity index (χ1n) is 6.75. The first kappa shape index (κ1) is 15.6. The third kappa shape index (κ3) is 4.69. The average molecular weight is 316 g/mol. The van der Waals surface area contributed by atoms with Crippen LogP contribution in [0.15, 0.2) is 22.7 Å². The Hall–Kier alpha value is -0.410. The van der Waals surface area contributed by atoms with E-state index in [9.17, 15) is 4.39 Å². The van der Waals surface area contributed by atoms with Gasteiger partial charge >= 0.3 is 0 Å². The number of hydrogen-bond donors (Lipinski definition) is 1. The van der Waals surface area contributed by atoms with Gasteiger partial charge in [0.15, 0.2) is 0 Å². The lowest BCUT2D eigenvalue weighted by atomic mass is 9.92. The minimum atomic E-state index is -0.110. The maximum absolute atomic E-state index is 13.8. The summed E-state index contributed by atoms with van der Waals surface area (Å²) in [6.07, 6.45) is 3.00. The van der Waals surface area contributed by atoms with Gasteiger partial charge in [0.1, 0.15) is 5.82 Å². The molecule has 1 aromatic rings. The molecule has 102 valence electrons. The van der Waals surface area contributed by atoms with Crippen molar-refractivity contribution >= 4 is 15.9 Å². The van der Waals surface area contributed by atoms with Crippen LogP contribution in [0.3, 0.4) is 0 Å². The summed E-state index contributed by atoms with van der Waals surface area (Å²) in [6, 6.07) is 5.80. The molecule has 0 fully saturated rings. The predicted molar refractivity (Wildman–Crippen MR) is 79.3 cm³/mol. The second kappa shape index (κ2) is 7.90. The van der Waals surface area contributed by atoms with Crippen LogP contribution < -0.4 is 5.32 Å². The summed E-state index contributed by atoms with van der Waals surface area (Å²) in [5.74, 6) is 0.332. The van der Waals surface area contributed by atoms with E-state index in [1.165, 1.54) is 0 Å².